The molecule has 0 saturated heterocycles. The summed E-state index contributed by atoms with van der Waals surface area (Å²) in [6, 6.07) is 0. The van der Waals surface area contributed by atoms with Gasteiger partial charge in [0.15, 0.2) is 0 Å². The van der Waals surface area contributed by atoms with Gasteiger partial charge in [0, 0.05) is 15.7 Å². The molecule has 0 aromatic heterocycles. The van der Waals surface area contributed by atoms with Crippen molar-refractivity contribution < 1.29 is 0 Å². The normalized spacial score (nSPS) is 45.0. The first-order valence-electron chi connectivity index (χ1n) is 3.26. The van der Waals surface area contributed by atoms with Crippen molar-refractivity contribution in [3.05, 3.63) is 0 Å². The Hall–Kier alpha value is 1.05. The highest BCUT2D eigenvalue weighted by Crippen LogP contribution is 2.29. The molecule has 9 heavy (non-hydrogen) atoms. The minimum absolute atomic E-state index is 0.394. The van der Waals surface area contributed by atoms with E-state index in [0.717, 1.165) is 0 Å². The molecule has 0 N–H and O–H groups in total. The molecule has 0 radical (unpaired) electrons. The summed E-state index contributed by atoms with van der Waals surface area (Å²) in [5.74, 6) is 0. The van der Waals surface area contributed by atoms with Crippen molar-refractivity contribution in [2.75, 3.05) is 0 Å². The van der Waals surface area contributed by atoms with Gasteiger partial charge in [0.2, 0.25) is 0 Å². The predicted octanol–water partition coefficient (Wildman–Crippen LogP) is 2.07. The highest BCUT2D eigenvalue weighted by atomic mass is 32.1. The number of rotatable bonds is 0. The summed E-state index contributed by atoms with van der Waals surface area (Å²) in [4.78, 5) is 0. The molecular formula is C6H12S3. The van der Waals surface area contributed by atoms with Gasteiger partial charge in [-0.25, -0.2) is 0 Å². The molecule has 0 amide bonds. The second kappa shape index (κ2) is 3.44. The molecule has 0 aromatic rings. The second-order valence-corrected chi connectivity index (χ2v) is 4.48. The zero-order valence-electron chi connectivity index (χ0n) is 5.20. The van der Waals surface area contributed by atoms with Crippen molar-refractivity contribution in [2.45, 2.75) is 35.0 Å². The van der Waals surface area contributed by atoms with Crippen LogP contribution in [-0.4, -0.2) is 15.7 Å². The Morgan fingerprint density at radius 1 is 0.889 bits per heavy atom. The number of hydrogen-bond donors (Lipinski definition) is 3. The van der Waals surface area contributed by atoms with E-state index in [2.05, 4.69) is 37.9 Å². The summed E-state index contributed by atoms with van der Waals surface area (Å²) in [5, 5.41) is 1.32. The minimum atomic E-state index is 0.394. The Balaban J connectivity index is 2.41. The van der Waals surface area contributed by atoms with E-state index >= 15 is 0 Å². The molecule has 0 nitrogen and oxygen atoms in total. The van der Waals surface area contributed by atoms with E-state index in [1.54, 1.807) is 0 Å². The van der Waals surface area contributed by atoms with Crippen LogP contribution in [0.2, 0.25) is 0 Å². The molecule has 2 atom stereocenters. The maximum Gasteiger partial charge on any atom is 0.0250 e. The van der Waals surface area contributed by atoms with Crippen LogP contribution in [0.15, 0.2) is 0 Å². The summed E-state index contributed by atoms with van der Waals surface area (Å²) in [6.45, 7) is 0. The monoisotopic (exact) mass is 180 g/mol. The fourth-order valence-corrected chi connectivity index (χ4v) is 2.35. The van der Waals surface area contributed by atoms with E-state index in [1.165, 1.54) is 19.3 Å². The van der Waals surface area contributed by atoms with E-state index in [0.29, 0.717) is 15.7 Å². The van der Waals surface area contributed by atoms with Crippen molar-refractivity contribution in [1.29, 1.82) is 0 Å². The zero-order chi connectivity index (χ0) is 6.85. The van der Waals surface area contributed by atoms with Gasteiger partial charge < -0.3 is 0 Å². The van der Waals surface area contributed by atoms with Crippen LogP contribution in [0, 0.1) is 0 Å². The largest absolute Gasteiger partial charge is 0.175 e. The van der Waals surface area contributed by atoms with Crippen LogP contribution in [-0.2, 0) is 0 Å². The van der Waals surface area contributed by atoms with Gasteiger partial charge in [0.05, 0.1) is 0 Å². The fourth-order valence-electron chi connectivity index (χ4n) is 1.13. The highest BCUT2D eigenvalue weighted by molar-refractivity contribution is 7.87. The topological polar surface area (TPSA) is 0 Å². The summed E-state index contributed by atoms with van der Waals surface area (Å²) < 4.78 is 0. The van der Waals surface area contributed by atoms with Crippen molar-refractivity contribution in [1.82, 2.24) is 0 Å². The van der Waals surface area contributed by atoms with Crippen molar-refractivity contribution in [3.8, 4) is 0 Å². The van der Waals surface area contributed by atoms with Gasteiger partial charge in [-0.15, -0.1) is 0 Å². The maximum atomic E-state index is 4.40. The molecule has 0 aromatic carbocycles. The third kappa shape index (κ3) is 1.99. The first-order chi connectivity index (χ1) is 4.22. The Bertz CT molecular complexity index is 84.3. The van der Waals surface area contributed by atoms with Crippen LogP contribution >= 0.6 is 37.9 Å². The van der Waals surface area contributed by atoms with Gasteiger partial charge in [-0.05, 0) is 12.8 Å². The van der Waals surface area contributed by atoms with Crippen LogP contribution < -0.4 is 0 Å². The second-order valence-electron chi connectivity index (χ2n) is 2.56. The van der Waals surface area contributed by atoms with Crippen LogP contribution in [0.4, 0.5) is 0 Å². The molecule has 1 aliphatic carbocycles. The van der Waals surface area contributed by atoms with Gasteiger partial charge in [-0.2, -0.15) is 37.9 Å². The average Bonchev–Trinajstić information content (AvgIpc) is 1.83. The molecule has 3 heteroatoms. The smallest absolute Gasteiger partial charge is 0.0250 e. The van der Waals surface area contributed by atoms with Crippen LogP contribution in [0.3, 0.4) is 0 Å². The van der Waals surface area contributed by atoms with E-state index in [1.807, 2.05) is 0 Å². The van der Waals surface area contributed by atoms with Gasteiger partial charge in [-0.1, -0.05) is 6.42 Å². The first-order valence-corrected chi connectivity index (χ1v) is 4.81. The molecule has 0 spiro atoms. The molecule has 54 valence electrons. The molecule has 1 aliphatic rings. The zero-order valence-corrected chi connectivity index (χ0v) is 7.88. The van der Waals surface area contributed by atoms with Crippen molar-refractivity contribution in [2.24, 2.45) is 0 Å². The van der Waals surface area contributed by atoms with E-state index in [4.69, 9.17) is 0 Å². The fraction of sp³-hybridized carbons (Fsp3) is 1.00. The number of thiol groups is 3. The van der Waals surface area contributed by atoms with E-state index in [-0.39, 0.29) is 0 Å². The third-order valence-corrected chi connectivity index (χ3v) is 4.14. The van der Waals surface area contributed by atoms with Gasteiger partial charge in [-0.3, -0.25) is 0 Å². The molecule has 0 aliphatic heterocycles. The highest BCUT2D eigenvalue weighted by Gasteiger charge is 2.25. The maximum absolute atomic E-state index is 4.40. The molecular weight excluding hydrogens is 168 g/mol. The molecule has 0 bridgehead atoms. The lowest BCUT2D eigenvalue weighted by Crippen LogP contribution is -2.30. The van der Waals surface area contributed by atoms with Crippen LogP contribution in [0.1, 0.15) is 19.3 Å². The predicted molar refractivity (Wildman–Crippen MR) is 52.2 cm³/mol. The number of hydrogen-bond acceptors (Lipinski definition) is 3. The molecule has 1 fully saturated rings. The average molecular weight is 180 g/mol. The minimum Gasteiger partial charge on any atom is -0.175 e. The van der Waals surface area contributed by atoms with Crippen molar-refractivity contribution >= 4 is 37.9 Å². The Kier molecular flexibility index (Phi) is 3.12. The van der Waals surface area contributed by atoms with Gasteiger partial charge in [0.1, 0.15) is 0 Å². The Morgan fingerprint density at radius 2 is 1.33 bits per heavy atom. The standard InChI is InChI=1S/C6H12S3/c7-4-2-1-3-5(8)6(4)9/h4-9H,1-3H2. The SMILES string of the molecule is SC1CCCC(S)C1S. The molecule has 2 unspecified atom stereocenters. The quantitative estimate of drug-likeness (QED) is 0.467. The van der Waals surface area contributed by atoms with Gasteiger partial charge in [0.25, 0.3) is 0 Å². The summed E-state index contributed by atoms with van der Waals surface area (Å²) >= 11 is 13.2. The van der Waals surface area contributed by atoms with Crippen LogP contribution in [0.5, 0.6) is 0 Å². The third-order valence-electron chi connectivity index (χ3n) is 1.79. The first kappa shape index (κ1) is 8.15. The molecule has 1 saturated carbocycles. The molecule has 1 rings (SSSR count). The van der Waals surface area contributed by atoms with E-state index < -0.39 is 0 Å². The summed E-state index contributed by atoms with van der Waals surface area (Å²) in [5.41, 5.74) is 0. The molecule has 0 heterocycles. The lowest BCUT2D eigenvalue weighted by atomic mass is 9.99. The Morgan fingerprint density at radius 3 is 1.67 bits per heavy atom. The van der Waals surface area contributed by atoms with Crippen molar-refractivity contribution in [3.63, 3.8) is 0 Å². The van der Waals surface area contributed by atoms with Gasteiger partial charge >= 0.3 is 0 Å². The summed E-state index contributed by atoms with van der Waals surface area (Å²) in [7, 11) is 0. The van der Waals surface area contributed by atoms with E-state index in [9.17, 15) is 0 Å². The lowest BCUT2D eigenvalue weighted by molar-refractivity contribution is 0.545. The summed E-state index contributed by atoms with van der Waals surface area (Å²) in [6.07, 6.45) is 3.67. The van der Waals surface area contributed by atoms with Crippen LogP contribution in [0.25, 0.3) is 0 Å². The lowest BCUT2D eigenvalue weighted by Gasteiger charge is -2.29. The Labute approximate surface area is 73.0 Å².